The van der Waals surface area contributed by atoms with E-state index in [2.05, 4.69) is 54.7 Å². The first kappa shape index (κ1) is 24.4. The minimum absolute atomic E-state index is 0.111. The molecule has 3 aliphatic carbocycles. The summed E-state index contributed by atoms with van der Waals surface area (Å²) >= 11 is 2.28. The highest BCUT2D eigenvalue weighted by molar-refractivity contribution is 14.1. The van der Waals surface area contributed by atoms with Gasteiger partial charge < -0.3 is 15.5 Å². The second kappa shape index (κ2) is 9.13. The van der Waals surface area contributed by atoms with Crippen LogP contribution in [-0.2, 0) is 9.63 Å². The maximum absolute atomic E-state index is 13.7. The van der Waals surface area contributed by atoms with Gasteiger partial charge in [-0.25, -0.2) is 0 Å². The summed E-state index contributed by atoms with van der Waals surface area (Å²) in [4.78, 5) is 19.8. The third-order valence-corrected chi connectivity index (χ3v) is 9.40. The number of carbonyl (C=O) groups is 1. The van der Waals surface area contributed by atoms with Gasteiger partial charge in [-0.3, -0.25) is 9.63 Å². The van der Waals surface area contributed by atoms with Gasteiger partial charge in [-0.2, -0.15) is 5.06 Å². The standard InChI is InChI=1S/C25H37IN2O4/c1-13-19-10-17(25(19,4)5)11-20(13)27-24(31)23-22(15(3)30)21(12-29)32-28(23)14(2)16-7-6-8-18(26)9-16/h6-9,13-15,17,19-23,29-30H,10-12H2,1-5H3,(H,27,31)/t13?,14?,15-,17+,19-,20-,21-,22+,23-/m0/s1. The van der Waals surface area contributed by atoms with E-state index in [4.69, 9.17) is 4.84 Å². The highest BCUT2D eigenvalue weighted by Crippen LogP contribution is 2.61. The molecule has 0 radical (unpaired) electrons. The van der Waals surface area contributed by atoms with Crippen molar-refractivity contribution in [1.82, 2.24) is 10.4 Å². The summed E-state index contributed by atoms with van der Waals surface area (Å²) in [5.41, 5.74) is 1.39. The van der Waals surface area contributed by atoms with Crippen LogP contribution in [-0.4, -0.2) is 52.1 Å². The van der Waals surface area contributed by atoms with Crippen LogP contribution < -0.4 is 5.32 Å². The van der Waals surface area contributed by atoms with E-state index in [1.54, 1.807) is 12.0 Å². The van der Waals surface area contributed by atoms with Gasteiger partial charge >= 0.3 is 0 Å². The molecule has 9 atom stereocenters. The van der Waals surface area contributed by atoms with E-state index in [-0.39, 0.29) is 24.6 Å². The van der Waals surface area contributed by atoms with Crippen molar-refractivity contribution in [1.29, 1.82) is 0 Å². The topological polar surface area (TPSA) is 82.0 Å². The zero-order valence-electron chi connectivity index (χ0n) is 19.7. The highest BCUT2D eigenvalue weighted by Gasteiger charge is 2.57. The van der Waals surface area contributed by atoms with E-state index in [0.717, 1.165) is 15.6 Å². The first-order valence-corrected chi connectivity index (χ1v) is 12.9. The number of nitrogens with one attached hydrogen (secondary N) is 1. The van der Waals surface area contributed by atoms with Crippen LogP contribution in [0.25, 0.3) is 0 Å². The fourth-order valence-electron chi connectivity index (χ4n) is 6.54. The number of amides is 1. The molecule has 1 aliphatic heterocycles. The predicted molar refractivity (Wildman–Crippen MR) is 131 cm³/mol. The minimum Gasteiger partial charge on any atom is -0.394 e. The monoisotopic (exact) mass is 556 g/mol. The molecule has 1 heterocycles. The molecule has 1 amide bonds. The van der Waals surface area contributed by atoms with E-state index >= 15 is 0 Å². The number of hydrogen-bond donors (Lipinski definition) is 3. The minimum atomic E-state index is -0.785. The zero-order valence-corrected chi connectivity index (χ0v) is 21.8. The molecule has 4 aliphatic rings. The first-order valence-electron chi connectivity index (χ1n) is 11.9. The number of nitrogens with zero attached hydrogens (tertiary/aromatic N) is 1. The Balaban J connectivity index is 1.58. The fraction of sp³-hybridized carbons (Fsp3) is 0.720. The molecular formula is C25H37IN2O4. The number of carbonyl (C=O) groups excluding carboxylic acids is 1. The smallest absolute Gasteiger partial charge is 0.240 e. The number of rotatable bonds is 6. The first-order chi connectivity index (χ1) is 15.1. The van der Waals surface area contributed by atoms with Crippen molar-refractivity contribution >= 4 is 28.5 Å². The normalized spacial score (nSPS) is 38.1. The molecule has 0 aromatic heterocycles. The second-order valence-corrected chi connectivity index (χ2v) is 12.0. The Labute approximate surface area is 205 Å². The molecule has 3 saturated carbocycles. The maximum atomic E-state index is 13.7. The Hall–Kier alpha value is -0.740. The van der Waals surface area contributed by atoms with Gasteiger partial charge in [-0.15, -0.1) is 0 Å². The summed E-state index contributed by atoms with van der Waals surface area (Å²) in [5, 5.41) is 25.6. The molecule has 4 fully saturated rings. The van der Waals surface area contributed by atoms with Crippen LogP contribution >= 0.6 is 22.6 Å². The molecule has 5 rings (SSSR count). The molecule has 2 bridgehead atoms. The quantitative estimate of drug-likeness (QED) is 0.468. The van der Waals surface area contributed by atoms with Crippen LogP contribution in [0.15, 0.2) is 24.3 Å². The second-order valence-electron chi connectivity index (χ2n) is 10.8. The lowest BCUT2D eigenvalue weighted by atomic mass is 9.45. The van der Waals surface area contributed by atoms with Gasteiger partial charge in [0.25, 0.3) is 0 Å². The third-order valence-electron chi connectivity index (χ3n) is 8.73. The predicted octanol–water partition coefficient (Wildman–Crippen LogP) is 3.51. The van der Waals surface area contributed by atoms with Gasteiger partial charge in [0.05, 0.1) is 18.8 Å². The zero-order chi connectivity index (χ0) is 23.4. The number of halogens is 1. The maximum Gasteiger partial charge on any atom is 0.240 e. The third kappa shape index (κ3) is 4.13. The van der Waals surface area contributed by atoms with E-state index < -0.39 is 24.2 Å². The summed E-state index contributed by atoms with van der Waals surface area (Å²) in [6.45, 7) is 10.4. The van der Waals surface area contributed by atoms with Crippen molar-refractivity contribution in [3.8, 4) is 0 Å². The van der Waals surface area contributed by atoms with Crippen molar-refractivity contribution < 1.29 is 19.8 Å². The van der Waals surface area contributed by atoms with Crippen molar-refractivity contribution in [2.45, 2.75) is 77.8 Å². The molecule has 32 heavy (non-hydrogen) atoms. The van der Waals surface area contributed by atoms with E-state index in [1.165, 1.54) is 6.42 Å². The van der Waals surface area contributed by atoms with Crippen molar-refractivity contribution in [2.24, 2.45) is 29.1 Å². The average molecular weight is 556 g/mol. The highest BCUT2D eigenvalue weighted by atomic mass is 127. The lowest BCUT2D eigenvalue weighted by Crippen LogP contribution is -2.62. The van der Waals surface area contributed by atoms with E-state index in [0.29, 0.717) is 23.2 Å². The van der Waals surface area contributed by atoms with Crippen LogP contribution in [0.5, 0.6) is 0 Å². The molecular weight excluding hydrogens is 519 g/mol. The molecule has 7 heteroatoms. The Morgan fingerprint density at radius 2 is 2.06 bits per heavy atom. The van der Waals surface area contributed by atoms with Crippen molar-refractivity contribution in [3.05, 3.63) is 33.4 Å². The summed E-state index contributed by atoms with van der Waals surface area (Å²) < 4.78 is 1.11. The molecule has 1 saturated heterocycles. The largest absolute Gasteiger partial charge is 0.394 e. The van der Waals surface area contributed by atoms with Gasteiger partial charge in [-0.1, -0.05) is 32.9 Å². The number of fused-ring (bicyclic) bond motifs is 2. The average Bonchev–Trinajstić information content (AvgIpc) is 3.14. The Morgan fingerprint density at radius 1 is 1.34 bits per heavy atom. The van der Waals surface area contributed by atoms with E-state index in [9.17, 15) is 15.0 Å². The summed E-state index contributed by atoms with van der Waals surface area (Å²) in [5.74, 6) is 1.08. The van der Waals surface area contributed by atoms with Gasteiger partial charge in [-0.05, 0) is 90.1 Å². The molecule has 2 unspecified atom stereocenters. The SMILES string of the molecule is CC1[C@@H](NC(=O)[C@@H]2[C@H]([C@H](C)O)[C@H](CO)ON2C(C)c2cccc(I)c2)C[C@H]2C[C@@H]1C2(C)C. The number of hydroxylamine groups is 2. The molecule has 6 nitrogen and oxygen atoms in total. The van der Waals surface area contributed by atoms with Crippen LogP contribution in [0, 0.1) is 32.7 Å². The molecule has 1 aromatic carbocycles. The summed E-state index contributed by atoms with van der Waals surface area (Å²) in [7, 11) is 0. The van der Waals surface area contributed by atoms with Gasteiger partial charge in [0, 0.05) is 15.5 Å². The van der Waals surface area contributed by atoms with Gasteiger partial charge in [0.2, 0.25) is 5.91 Å². The van der Waals surface area contributed by atoms with Crippen molar-refractivity contribution in [3.63, 3.8) is 0 Å². The lowest BCUT2D eigenvalue weighted by Gasteiger charge is -2.62. The number of aliphatic hydroxyl groups is 2. The Kier molecular flexibility index (Phi) is 6.96. The molecule has 3 N–H and O–H groups in total. The summed E-state index contributed by atoms with van der Waals surface area (Å²) in [6, 6.07) is 7.38. The van der Waals surface area contributed by atoms with Gasteiger partial charge in [0.1, 0.15) is 12.1 Å². The summed E-state index contributed by atoms with van der Waals surface area (Å²) in [6.07, 6.45) is 0.851. The molecule has 1 aromatic rings. The van der Waals surface area contributed by atoms with E-state index in [1.807, 2.05) is 25.1 Å². The fourth-order valence-corrected chi connectivity index (χ4v) is 7.11. The number of hydrogen-bond acceptors (Lipinski definition) is 5. The van der Waals surface area contributed by atoms with Crippen LogP contribution in [0.4, 0.5) is 0 Å². The molecule has 0 spiro atoms. The van der Waals surface area contributed by atoms with Crippen LogP contribution in [0.3, 0.4) is 0 Å². The molecule has 178 valence electrons. The lowest BCUT2D eigenvalue weighted by molar-refractivity contribution is -0.197. The number of aliphatic hydroxyl groups excluding tert-OH is 2. The van der Waals surface area contributed by atoms with Gasteiger partial charge in [0.15, 0.2) is 0 Å². The van der Waals surface area contributed by atoms with Crippen LogP contribution in [0.2, 0.25) is 0 Å². The Bertz CT molecular complexity index is 847. The van der Waals surface area contributed by atoms with Crippen LogP contribution in [0.1, 0.15) is 59.1 Å². The van der Waals surface area contributed by atoms with Crippen molar-refractivity contribution in [2.75, 3.05) is 6.61 Å². The Morgan fingerprint density at radius 3 is 2.62 bits per heavy atom. The number of benzene rings is 1.